The Morgan fingerprint density at radius 1 is 1.00 bits per heavy atom. The fraction of sp³-hybridized carbons (Fsp3) is 0.360. The van der Waals surface area contributed by atoms with Crippen LogP contribution < -0.4 is 16.0 Å². The van der Waals surface area contributed by atoms with E-state index in [1.165, 1.54) is 0 Å². The van der Waals surface area contributed by atoms with Crippen LogP contribution in [0.2, 0.25) is 0 Å². The molecule has 2 aromatic carbocycles. The number of piperidine rings is 1. The molecule has 162 valence electrons. The first-order valence-electron chi connectivity index (χ1n) is 10.9. The number of nitrogens with one attached hydrogen (secondary N) is 3. The van der Waals surface area contributed by atoms with Crippen molar-refractivity contribution < 1.29 is 9.59 Å². The van der Waals surface area contributed by atoms with E-state index in [0.717, 1.165) is 50.0 Å². The van der Waals surface area contributed by atoms with E-state index in [1.807, 2.05) is 61.5 Å². The zero-order chi connectivity index (χ0) is 21.9. The van der Waals surface area contributed by atoms with E-state index in [1.54, 1.807) is 0 Å². The summed E-state index contributed by atoms with van der Waals surface area (Å²) in [7, 11) is 0. The minimum atomic E-state index is -0.215. The molecule has 6 heteroatoms. The van der Waals surface area contributed by atoms with E-state index >= 15 is 0 Å². The van der Waals surface area contributed by atoms with E-state index in [4.69, 9.17) is 0 Å². The van der Waals surface area contributed by atoms with Crippen LogP contribution >= 0.6 is 0 Å². The minimum Gasteiger partial charge on any atom is -0.355 e. The maximum atomic E-state index is 12.4. The van der Waals surface area contributed by atoms with Gasteiger partial charge in [-0.15, -0.1) is 0 Å². The topological polar surface area (TPSA) is 73.5 Å². The zero-order valence-corrected chi connectivity index (χ0v) is 18.0. The number of benzene rings is 2. The van der Waals surface area contributed by atoms with Gasteiger partial charge in [0.05, 0.1) is 6.54 Å². The largest absolute Gasteiger partial charge is 0.355 e. The number of carbonyl (C=O) groups excluding carboxylic acids is 2. The van der Waals surface area contributed by atoms with E-state index in [2.05, 4.69) is 32.7 Å². The minimum absolute atomic E-state index is 0.0706. The summed E-state index contributed by atoms with van der Waals surface area (Å²) in [6.07, 6.45) is 2.60. The van der Waals surface area contributed by atoms with Gasteiger partial charge in [-0.05, 0) is 49.6 Å². The van der Waals surface area contributed by atoms with Gasteiger partial charge in [-0.1, -0.05) is 43.0 Å². The summed E-state index contributed by atoms with van der Waals surface area (Å²) in [4.78, 5) is 26.4. The van der Waals surface area contributed by atoms with Gasteiger partial charge in [-0.25, -0.2) is 4.79 Å². The number of nitrogens with zero attached hydrogens (tertiary/aromatic N) is 1. The summed E-state index contributed by atoms with van der Waals surface area (Å²) >= 11 is 0. The van der Waals surface area contributed by atoms with Crippen LogP contribution in [0.1, 0.15) is 37.3 Å². The Kier molecular flexibility index (Phi) is 8.50. The molecule has 0 unspecified atom stereocenters. The maximum absolute atomic E-state index is 12.4. The monoisotopic (exact) mass is 418 g/mol. The smallest absolute Gasteiger partial charge is 0.319 e. The molecule has 0 radical (unpaired) electrons. The van der Waals surface area contributed by atoms with Crippen molar-refractivity contribution in [2.75, 3.05) is 31.5 Å². The molecule has 0 bridgehead atoms. The Balaban J connectivity index is 1.44. The lowest BCUT2D eigenvalue weighted by Gasteiger charge is -2.31. The molecule has 0 aliphatic carbocycles. The van der Waals surface area contributed by atoms with Crippen molar-refractivity contribution in [3.05, 3.63) is 65.7 Å². The standard InChI is InChI=1S/C25H30N4O2/c1-2-15-26-24(30)19-29-16-13-22(14-17-29)27-25(31)28-23-10-6-9-21(18-23)12-11-20-7-4-3-5-8-20/h3-10,18,22H,2,13-17,19H2,1H3,(H,26,30)(H2,27,28,31). The molecule has 3 rings (SSSR count). The fourth-order valence-electron chi connectivity index (χ4n) is 3.45. The highest BCUT2D eigenvalue weighted by molar-refractivity contribution is 5.89. The second-order valence-electron chi connectivity index (χ2n) is 7.70. The molecule has 3 amide bonds. The third-order valence-corrected chi connectivity index (χ3v) is 5.11. The number of rotatable bonds is 6. The van der Waals surface area contributed by atoms with Crippen LogP contribution in [0.4, 0.5) is 10.5 Å². The first-order chi connectivity index (χ1) is 15.1. The number of likely N-dealkylation sites (tertiary alicyclic amines) is 1. The number of anilines is 1. The van der Waals surface area contributed by atoms with Gasteiger partial charge in [0, 0.05) is 42.5 Å². The SMILES string of the molecule is CCCNC(=O)CN1CCC(NC(=O)Nc2cccc(C#Cc3ccccc3)c2)CC1. The number of carbonyl (C=O) groups is 2. The predicted molar refractivity (Wildman–Crippen MR) is 124 cm³/mol. The quantitative estimate of drug-likeness (QED) is 0.631. The van der Waals surface area contributed by atoms with Crippen LogP contribution in [0.3, 0.4) is 0 Å². The summed E-state index contributed by atoms with van der Waals surface area (Å²) in [6, 6.07) is 17.2. The Morgan fingerprint density at radius 3 is 2.45 bits per heavy atom. The van der Waals surface area contributed by atoms with Gasteiger partial charge in [0.1, 0.15) is 0 Å². The van der Waals surface area contributed by atoms with Gasteiger partial charge in [-0.3, -0.25) is 9.69 Å². The van der Waals surface area contributed by atoms with Crippen LogP contribution in [0, 0.1) is 11.8 Å². The molecule has 1 heterocycles. The second-order valence-corrected chi connectivity index (χ2v) is 7.70. The Labute approximate surface area is 184 Å². The molecule has 6 nitrogen and oxygen atoms in total. The lowest BCUT2D eigenvalue weighted by molar-refractivity contribution is -0.122. The summed E-state index contributed by atoms with van der Waals surface area (Å²) in [5.41, 5.74) is 2.51. The zero-order valence-electron chi connectivity index (χ0n) is 18.0. The van der Waals surface area contributed by atoms with Crippen molar-refractivity contribution in [1.82, 2.24) is 15.5 Å². The maximum Gasteiger partial charge on any atom is 0.319 e. The molecule has 0 atom stereocenters. The molecule has 0 spiro atoms. The Morgan fingerprint density at radius 2 is 1.71 bits per heavy atom. The first-order valence-corrected chi connectivity index (χ1v) is 10.9. The molecular formula is C25H30N4O2. The molecule has 31 heavy (non-hydrogen) atoms. The lowest BCUT2D eigenvalue weighted by Crippen LogP contribution is -2.48. The van der Waals surface area contributed by atoms with Crippen molar-refractivity contribution in [3.8, 4) is 11.8 Å². The predicted octanol–water partition coefficient (Wildman–Crippen LogP) is 3.20. The molecule has 1 fully saturated rings. The van der Waals surface area contributed by atoms with E-state index < -0.39 is 0 Å². The van der Waals surface area contributed by atoms with Crippen LogP contribution in [0.5, 0.6) is 0 Å². The summed E-state index contributed by atoms with van der Waals surface area (Å²) in [5.74, 6) is 6.32. The van der Waals surface area contributed by atoms with Gasteiger partial charge < -0.3 is 16.0 Å². The Hall–Kier alpha value is -3.30. The van der Waals surface area contributed by atoms with E-state index in [0.29, 0.717) is 12.2 Å². The summed E-state index contributed by atoms with van der Waals surface area (Å²) < 4.78 is 0. The molecule has 1 aliphatic heterocycles. The van der Waals surface area contributed by atoms with Gasteiger partial charge in [-0.2, -0.15) is 0 Å². The van der Waals surface area contributed by atoms with Crippen molar-refractivity contribution in [2.45, 2.75) is 32.2 Å². The molecule has 1 saturated heterocycles. The van der Waals surface area contributed by atoms with Crippen molar-refractivity contribution in [3.63, 3.8) is 0 Å². The fourth-order valence-corrected chi connectivity index (χ4v) is 3.45. The average molecular weight is 419 g/mol. The third-order valence-electron chi connectivity index (χ3n) is 5.11. The number of urea groups is 1. The van der Waals surface area contributed by atoms with E-state index in [-0.39, 0.29) is 18.0 Å². The van der Waals surface area contributed by atoms with Gasteiger partial charge in [0.15, 0.2) is 0 Å². The molecule has 3 N–H and O–H groups in total. The van der Waals surface area contributed by atoms with Crippen LogP contribution in [0.25, 0.3) is 0 Å². The van der Waals surface area contributed by atoms with E-state index in [9.17, 15) is 9.59 Å². The van der Waals surface area contributed by atoms with Crippen LogP contribution in [-0.2, 0) is 4.79 Å². The first kappa shape index (κ1) is 22.4. The van der Waals surface area contributed by atoms with Crippen molar-refractivity contribution in [1.29, 1.82) is 0 Å². The Bertz CT molecular complexity index is 925. The number of hydrogen-bond acceptors (Lipinski definition) is 3. The highest BCUT2D eigenvalue weighted by atomic mass is 16.2. The molecular weight excluding hydrogens is 388 g/mol. The highest BCUT2D eigenvalue weighted by Gasteiger charge is 2.22. The van der Waals surface area contributed by atoms with Crippen molar-refractivity contribution in [2.24, 2.45) is 0 Å². The number of hydrogen-bond donors (Lipinski definition) is 3. The molecule has 0 aromatic heterocycles. The normalized spacial score (nSPS) is 14.2. The van der Waals surface area contributed by atoms with Gasteiger partial charge in [0.2, 0.25) is 5.91 Å². The molecule has 0 saturated carbocycles. The van der Waals surface area contributed by atoms with Crippen molar-refractivity contribution >= 4 is 17.6 Å². The highest BCUT2D eigenvalue weighted by Crippen LogP contribution is 2.12. The molecule has 2 aromatic rings. The second kappa shape index (κ2) is 11.8. The average Bonchev–Trinajstić information content (AvgIpc) is 2.78. The third kappa shape index (κ3) is 7.80. The van der Waals surface area contributed by atoms with Crippen LogP contribution in [0.15, 0.2) is 54.6 Å². The number of amides is 3. The summed E-state index contributed by atoms with van der Waals surface area (Å²) in [5, 5.41) is 8.84. The molecule has 1 aliphatic rings. The van der Waals surface area contributed by atoms with Crippen LogP contribution in [-0.4, -0.2) is 49.1 Å². The van der Waals surface area contributed by atoms with Gasteiger partial charge >= 0.3 is 6.03 Å². The lowest BCUT2D eigenvalue weighted by atomic mass is 10.1. The van der Waals surface area contributed by atoms with Gasteiger partial charge in [0.25, 0.3) is 0 Å². The summed E-state index contributed by atoms with van der Waals surface area (Å²) in [6.45, 7) is 4.78.